The Labute approximate surface area is 281 Å². The van der Waals surface area contributed by atoms with Gasteiger partial charge in [-0.3, -0.25) is 9.59 Å². The van der Waals surface area contributed by atoms with E-state index in [0.717, 1.165) is 11.0 Å². The topological polar surface area (TPSA) is 169 Å². The van der Waals surface area contributed by atoms with Gasteiger partial charge < -0.3 is 35.1 Å². The molecule has 3 amide bonds. The van der Waals surface area contributed by atoms with Crippen LogP contribution in [-0.2, 0) is 30.1 Å². The smallest absolute Gasteiger partial charge is 0.444 e. The van der Waals surface area contributed by atoms with Crippen LogP contribution in [0.3, 0.4) is 0 Å². The average molecular weight is 662 g/mol. The van der Waals surface area contributed by atoms with E-state index in [1.165, 1.54) is 4.90 Å². The number of ether oxygens (including phenoxy) is 1. The molecule has 1 aliphatic heterocycles. The van der Waals surface area contributed by atoms with Crippen LogP contribution in [0.1, 0.15) is 79.7 Å². The SMILES string of the molecule is CC(C)(C)OC(=O)NC[C@H]1CC[C@H](C(=O)N(C(=O)[C@@H](N)Cc2ccc(B3OC(C)(C)C(C)(C)O3)cc2)c2ccc3[nH]c(=O)[nH]c3c2)CC1. The molecule has 1 atom stereocenters. The zero-order valence-electron chi connectivity index (χ0n) is 29.0. The number of alkyl carbamates (subject to hydrolysis) is 1. The molecule has 2 heterocycles. The van der Waals surface area contributed by atoms with Gasteiger partial charge in [-0.25, -0.2) is 14.5 Å². The third-order valence-corrected chi connectivity index (χ3v) is 9.61. The number of amides is 3. The van der Waals surface area contributed by atoms with Crippen LogP contribution in [-0.4, -0.2) is 64.4 Å². The van der Waals surface area contributed by atoms with Gasteiger partial charge in [0.25, 0.3) is 5.91 Å². The van der Waals surface area contributed by atoms with Crippen molar-refractivity contribution >= 4 is 47.2 Å². The molecule has 2 aromatic carbocycles. The maximum atomic E-state index is 14.1. The van der Waals surface area contributed by atoms with Gasteiger partial charge in [0.05, 0.1) is 34.0 Å². The molecule has 0 spiro atoms. The number of imidazole rings is 1. The maximum absolute atomic E-state index is 14.1. The quantitative estimate of drug-likeness (QED) is 0.264. The van der Waals surface area contributed by atoms with Crippen molar-refractivity contribution in [1.82, 2.24) is 15.3 Å². The van der Waals surface area contributed by atoms with Gasteiger partial charge in [-0.2, -0.15) is 0 Å². The molecular formula is C35H48BN5O7. The lowest BCUT2D eigenvalue weighted by molar-refractivity contribution is -0.130. The number of imide groups is 1. The molecule has 1 saturated carbocycles. The molecule has 1 aromatic heterocycles. The van der Waals surface area contributed by atoms with E-state index in [-0.39, 0.29) is 23.9 Å². The fourth-order valence-electron chi connectivity index (χ4n) is 6.16. The zero-order valence-corrected chi connectivity index (χ0v) is 29.0. The van der Waals surface area contributed by atoms with Crippen LogP contribution in [0, 0.1) is 11.8 Å². The van der Waals surface area contributed by atoms with E-state index < -0.39 is 47.9 Å². The lowest BCUT2D eigenvalue weighted by Crippen LogP contribution is -2.50. The monoisotopic (exact) mass is 661 g/mol. The number of rotatable bonds is 8. The minimum atomic E-state index is -1.01. The fraction of sp³-hybridized carbons (Fsp3) is 0.543. The number of hydrogen-bond donors (Lipinski definition) is 4. The van der Waals surface area contributed by atoms with Crippen molar-refractivity contribution in [2.24, 2.45) is 17.6 Å². The van der Waals surface area contributed by atoms with E-state index in [1.54, 1.807) is 18.2 Å². The Morgan fingerprint density at radius 2 is 1.58 bits per heavy atom. The maximum Gasteiger partial charge on any atom is 0.494 e. The zero-order chi connectivity index (χ0) is 35.0. The first-order chi connectivity index (χ1) is 22.4. The van der Waals surface area contributed by atoms with E-state index in [2.05, 4.69) is 15.3 Å². The predicted octanol–water partition coefficient (Wildman–Crippen LogP) is 3.92. The van der Waals surface area contributed by atoms with Gasteiger partial charge in [-0.05, 0) is 116 Å². The number of nitrogens with two attached hydrogens (primary N) is 1. The highest BCUT2D eigenvalue weighted by molar-refractivity contribution is 6.62. The van der Waals surface area contributed by atoms with E-state index in [4.69, 9.17) is 19.8 Å². The molecule has 13 heteroatoms. The number of fused-ring (bicyclic) bond motifs is 1. The van der Waals surface area contributed by atoms with Crippen molar-refractivity contribution in [1.29, 1.82) is 0 Å². The number of carbonyl (C=O) groups is 3. The normalized spacial score (nSPS) is 21.1. The predicted molar refractivity (Wildman–Crippen MR) is 185 cm³/mol. The fourth-order valence-corrected chi connectivity index (χ4v) is 6.16. The van der Waals surface area contributed by atoms with Crippen molar-refractivity contribution in [2.45, 2.75) is 103 Å². The Bertz CT molecular complexity index is 1680. The van der Waals surface area contributed by atoms with Gasteiger partial charge in [0, 0.05) is 12.5 Å². The lowest BCUT2D eigenvalue weighted by Gasteiger charge is -2.32. The Morgan fingerprint density at radius 3 is 2.19 bits per heavy atom. The second-order valence-corrected chi connectivity index (χ2v) is 15.1. The number of hydrogen-bond acceptors (Lipinski definition) is 8. The molecule has 3 aromatic rings. The van der Waals surface area contributed by atoms with Crippen molar-refractivity contribution in [3.63, 3.8) is 0 Å². The number of nitrogens with zero attached hydrogens (tertiary/aromatic N) is 1. The first-order valence-electron chi connectivity index (χ1n) is 16.7. The molecule has 5 rings (SSSR count). The molecular weight excluding hydrogens is 613 g/mol. The summed E-state index contributed by atoms with van der Waals surface area (Å²) in [7, 11) is -0.509. The second kappa shape index (κ2) is 13.5. The number of nitrogens with one attached hydrogen (secondary N) is 3. The summed E-state index contributed by atoms with van der Waals surface area (Å²) in [6.45, 7) is 13.9. The van der Waals surface area contributed by atoms with Crippen LogP contribution in [0.4, 0.5) is 10.5 Å². The van der Waals surface area contributed by atoms with Crippen LogP contribution in [0.2, 0.25) is 0 Å². The number of aromatic amines is 2. The minimum Gasteiger partial charge on any atom is -0.444 e. The Kier molecular flexibility index (Phi) is 9.97. The van der Waals surface area contributed by atoms with Crippen molar-refractivity contribution in [2.75, 3.05) is 11.4 Å². The van der Waals surface area contributed by atoms with E-state index in [0.29, 0.717) is 48.9 Å². The number of carbonyl (C=O) groups excluding carboxylic acids is 3. The molecule has 0 radical (unpaired) electrons. The largest absolute Gasteiger partial charge is 0.494 e. The average Bonchev–Trinajstić information content (AvgIpc) is 3.48. The van der Waals surface area contributed by atoms with Gasteiger partial charge in [0.15, 0.2) is 0 Å². The van der Waals surface area contributed by atoms with Crippen LogP contribution < -0.4 is 27.1 Å². The number of aromatic nitrogens is 2. The molecule has 2 fully saturated rings. The van der Waals surface area contributed by atoms with E-state index in [1.807, 2.05) is 72.7 Å². The summed E-state index contributed by atoms with van der Waals surface area (Å²) in [6.07, 6.45) is 2.27. The van der Waals surface area contributed by atoms with Crippen LogP contribution in [0.15, 0.2) is 47.3 Å². The highest BCUT2D eigenvalue weighted by Crippen LogP contribution is 2.36. The Morgan fingerprint density at radius 1 is 0.979 bits per heavy atom. The van der Waals surface area contributed by atoms with Crippen molar-refractivity contribution in [3.8, 4) is 0 Å². The van der Waals surface area contributed by atoms with Gasteiger partial charge in [-0.1, -0.05) is 24.3 Å². The van der Waals surface area contributed by atoms with Gasteiger partial charge >= 0.3 is 18.9 Å². The Hall–Kier alpha value is -3.94. The first-order valence-corrected chi connectivity index (χ1v) is 16.7. The molecule has 2 aliphatic rings. The second-order valence-electron chi connectivity index (χ2n) is 15.1. The third-order valence-electron chi connectivity index (χ3n) is 9.61. The summed E-state index contributed by atoms with van der Waals surface area (Å²) in [4.78, 5) is 58.8. The van der Waals surface area contributed by atoms with Gasteiger partial charge in [0.2, 0.25) is 5.91 Å². The lowest BCUT2D eigenvalue weighted by atomic mass is 9.78. The molecule has 0 unspecified atom stereocenters. The summed E-state index contributed by atoms with van der Waals surface area (Å²) < 4.78 is 17.7. The van der Waals surface area contributed by atoms with Crippen molar-refractivity contribution < 1.29 is 28.4 Å². The highest BCUT2D eigenvalue weighted by Gasteiger charge is 2.51. The highest BCUT2D eigenvalue weighted by atomic mass is 16.7. The van der Waals surface area contributed by atoms with Crippen LogP contribution in [0.5, 0.6) is 0 Å². The molecule has 12 nitrogen and oxygen atoms in total. The molecule has 258 valence electrons. The number of anilines is 1. The number of benzene rings is 2. The van der Waals surface area contributed by atoms with E-state index >= 15 is 0 Å². The summed E-state index contributed by atoms with van der Waals surface area (Å²) in [6, 6.07) is 11.5. The molecule has 48 heavy (non-hydrogen) atoms. The minimum absolute atomic E-state index is 0.189. The van der Waals surface area contributed by atoms with Gasteiger partial charge in [0.1, 0.15) is 5.60 Å². The van der Waals surface area contributed by atoms with Crippen LogP contribution in [0.25, 0.3) is 11.0 Å². The van der Waals surface area contributed by atoms with Gasteiger partial charge in [-0.15, -0.1) is 0 Å². The third kappa shape index (κ3) is 8.02. The molecule has 5 N–H and O–H groups in total. The Balaban J connectivity index is 1.28. The van der Waals surface area contributed by atoms with E-state index in [9.17, 15) is 19.2 Å². The van der Waals surface area contributed by atoms with Crippen LogP contribution >= 0.6 is 0 Å². The molecule has 0 bridgehead atoms. The summed E-state index contributed by atoms with van der Waals surface area (Å²) in [5.74, 6) is -1.07. The summed E-state index contributed by atoms with van der Waals surface area (Å²) in [5, 5.41) is 2.83. The standard InChI is InChI=1S/C35H48BN5O7/c1-33(2,3)46-32(45)38-20-22-8-12-23(13-9-22)29(42)41(25-16-17-27-28(19-25)40-31(44)39-27)30(43)26(37)18-21-10-14-24(15-11-21)36-47-34(4,5)35(6,7)48-36/h10-11,14-17,19,22-23,26H,8-9,12-13,18,20,37H2,1-7H3,(H,38,45)(H2,39,40,44)/t22-,23-,26-/m0/s1. The van der Waals surface area contributed by atoms with Crippen molar-refractivity contribution in [3.05, 3.63) is 58.5 Å². The summed E-state index contributed by atoms with van der Waals surface area (Å²) >= 11 is 0. The first kappa shape index (κ1) is 35.4. The number of H-pyrrole nitrogens is 2. The molecule has 1 saturated heterocycles. The summed E-state index contributed by atoms with van der Waals surface area (Å²) in [5.41, 5.74) is 7.70. The molecule has 1 aliphatic carbocycles.